The van der Waals surface area contributed by atoms with Crippen molar-refractivity contribution in [2.45, 2.75) is 5.92 Å². The van der Waals surface area contributed by atoms with Gasteiger partial charge in [0.05, 0.1) is 0 Å². The summed E-state index contributed by atoms with van der Waals surface area (Å²) in [6, 6.07) is 120. The molecule has 4 aliphatic heterocycles. The molecule has 0 aromatic heterocycles. The topological polar surface area (TPSA) is 13.0 Å². The first-order valence-electron chi connectivity index (χ1n) is 29.9. The molecule has 408 valence electrons. The Hall–Kier alpha value is -9.77. The van der Waals surface area contributed by atoms with Crippen LogP contribution in [0.25, 0.3) is 0 Å². The summed E-state index contributed by atoms with van der Waals surface area (Å²) < 4.78 is 5.83. The van der Waals surface area contributed by atoms with Crippen molar-refractivity contribution in [2.24, 2.45) is 0 Å². The van der Waals surface area contributed by atoms with E-state index in [-0.39, 0.29) is 49.3 Å². The van der Waals surface area contributed by atoms with E-state index in [2.05, 4.69) is 341 Å². The molecule has 13 aromatic rings. The molecular formula is C79H54B2N4Se2. The van der Waals surface area contributed by atoms with E-state index < -0.39 is 0 Å². The minimum absolute atomic E-state index is 0.0512. The van der Waals surface area contributed by atoms with Crippen LogP contribution in [0.3, 0.4) is 0 Å². The number of para-hydroxylation sites is 8. The van der Waals surface area contributed by atoms with E-state index in [1.54, 1.807) is 0 Å². The fraction of sp³-hybridized carbons (Fsp3) is 0.0127. The molecule has 0 fully saturated rings. The van der Waals surface area contributed by atoms with Crippen molar-refractivity contribution in [1.82, 2.24) is 0 Å². The predicted octanol–water partition coefficient (Wildman–Crippen LogP) is 12.3. The summed E-state index contributed by atoms with van der Waals surface area (Å²) in [5.74, 6) is -0.0529. The first-order chi connectivity index (χ1) is 43.2. The van der Waals surface area contributed by atoms with Gasteiger partial charge in [0.2, 0.25) is 0 Å². The molecule has 8 heteroatoms. The van der Waals surface area contributed by atoms with Gasteiger partial charge in [-0.05, 0) is 0 Å². The van der Waals surface area contributed by atoms with Crippen LogP contribution in [0.2, 0.25) is 0 Å². The van der Waals surface area contributed by atoms with Crippen LogP contribution in [0.15, 0.2) is 322 Å². The summed E-state index contributed by atoms with van der Waals surface area (Å²) in [5.41, 5.74) is 26.4. The van der Waals surface area contributed by atoms with Crippen molar-refractivity contribution in [3.63, 3.8) is 0 Å². The molecule has 4 nitrogen and oxygen atoms in total. The van der Waals surface area contributed by atoms with E-state index in [1.807, 2.05) is 0 Å². The second-order valence-corrected chi connectivity index (χ2v) is 27.1. The standard InChI is InChI=1S/C79H54B2N4Se2/c1-9-29-54(30-10-1)74(55-31-11-2-12-32-55)75-78-66(80-64-45-25-27-47-68(64)84(60-41-21-7-22-42-60)70-49-62(51-72(86-78)76(70)80)82(56-33-13-3-14-34-56)57-35-15-4-16-36-57)53-67-79(75)87-73-52-63(83(58-37-17-5-18-38-58)59-39-19-6-20-40-59)50-71-77(73)81(67)65-46-26-28-48-69(65)85(71)61-43-23-8-24-44-61/h1-53,74H. The Balaban J connectivity index is 0.990. The SMILES string of the molecule is c1ccc(C(c2ccccc2)c2c3c(cc4c2[Se]c2cc(N(c5ccccc5)c5ccccc5)cc5c2B4c2ccccc2N5c2ccccc2)B2c4ccccc4N(c4ccccc4)c4cc(N(c5ccccc5)c5ccccc5)cc(c42)[Se]3)cc1. The van der Waals surface area contributed by atoms with Gasteiger partial charge in [0.15, 0.2) is 0 Å². The van der Waals surface area contributed by atoms with Crippen LogP contribution < -0.4 is 70.2 Å². The third kappa shape index (κ3) is 8.66. The zero-order chi connectivity index (χ0) is 57.4. The molecule has 87 heavy (non-hydrogen) atoms. The first kappa shape index (κ1) is 51.6. The van der Waals surface area contributed by atoms with Crippen LogP contribution in [0.4, 0.5) is 68.2 Å². The normalized spacial score (nSPS) is 13.0. The van der Waals surface area contributed by atoms with Gasteiger partial charge in [0.25, 0.3) is 0 Å². The number of hydrogen-bond acceptors (Lipinski definition) is 4. The number of anilines is 12. The molecule has 0 saturated heterocycles. The number of benzene rings is 13. The Morgan fingerprint density at radius 3 is 0.943 bits per heavy atom. The third-order valence-corrected chi connectivity index (χ3v) is 22.9. The molecular weight excluding hydrogens is 1180 g/mol. The molecule has 0 bridgehead atoms. The number of nitrogens with zero attached hydrogens (tertiary/aromatic N) is 4. The summed E-state index contributed by atoms with van der Waals surface area (Å²) >= 11 is -0.331. The molecule has 0 unspecified atom stereocenters. The van der Waals surface area contributed by atoms with E-state index in [0.717, 1.165) is 45.5 Å². The van der Waals surface area contributed by atoms with Gasteiger partial charge in [-0.1, -0.05) is 0 Å². The van der Waals surface area contributed by atoms with Gasteiger partial charge in [-0.3, -0.25) is 0 Å². The third-order valence-electron chi connectivity index (χ3n) is 17.8. The predicted molar refractivity (Wildman–Crippen MR) is 371 cm³/mol. The van der Waals surface area contributed by atoms with E-state index in [4.69, 9.17) is 0 Å². The molecule has 0 aliphatic carbocycles. The van der Waals surface area contributed by atoms with Crippen LogP contribution in [-0.4, -0.2) is 43.3 Å². The summed E-state index contributed by atoms with van der Waals surface area (Å²) in [4.78, 5) is 10.1. The Labute approximate surface area is 522 Å². The Morgan fingerprint density at radius 1 is 0.276 bits per heavy atom. The van der Waals surface area contributed by atoms with Crippen LogP contribution in [0, 0.1) is 0 Å². The van der Waals surface area contributed by atoms with E-state index in [9.17, 15) is 0 Å². The zero-order valence-electron chi connectivity index (χ0n) is 47.4. The number of fused-ring (bicyclic) bond motifs is 8. The van der Waals surface area contributed by atoms with Crippen LogP contribution in [-0.2, 0) is 0 Å². The zero-order valence-corrected chi connectivity index (χ0v) is 50.9. The van der Waals surface area contributed by atoms with Gasteiger partial charge in [-0.15, -0.1) is 0 Å². The molecule has 17 rings (SSSR count). The molecule has 13 aromatic carbocycles. The molecule has 0 amide bonds. The number of hydrogen-bond donors (Lipinski definition) is 0. The monoisotopic (exact) mass is 1240 g/mol. The van der Waals surface area contributed by atoms with Gasteiger partial charge in [0.1, 0.15) is 0 Å². The second-order valence-electron chi connectivity index (χ2n) is 22.7. The summed E-state index contributed by atoms with van der Waals surface area (Å²) in [6.07, 6.45) is 0. The summed E-state index contributed by atoms with van der Waals surface area (Å²) in [7, 11) is 0. The van der Waals surface area contributed by atoms with Gasteiger partial charge >= 0.3 is 526 Å². The maximum atomic E-state index is 2.76. The summed E-state index contributed by atoms with van der Waals surface area (Å²) in [5, 5.41) is 0. The van der Waals surface area contributed by atoms with E-state index >= 15 is 0 Å². The van der Waals surface area contributed by atoms with E-state index in [1.165, 1.54) is 90.1 Å². The van der Waals surface area contributed by atoms with Gasteiger partial charge in [-0.2, -0.15) is 0 Å². The van der Waals surface area contributed by atoms with Crippen LogP contribution in [0.1, 0.15) is 22.6 Å². The van der Waals surface area contributed by atoms with Crippen molar-refractivity contribution in [1.29, 1.82) is 0 Å². The molecule has 4 heterocycles. The Kier molecular flexibility index (Phi) is 12.8. The van der Waals surface area contributed by atoms with Gasteiger partial charge < -0.3 is 0 Å². The molecule has 0 radical (unpaired) electrons. The maximum absolute atomic E-state index is 2.76. The minimum atomic E-state index is -0.166. The first-order valence-corrected chi connectivity index (χ1v) is 33.4. The van der Waals surface area contributed by atoms with Crippen LogP contribution in [0.5, 0.6) is 0 Å². The van der Waals surface area contributed by atoms with E-state index in [0.29, 0.717) is 0 Å². The Morgan fingerprint density at radius 2 is 0.586 bits per heavy atom. The molecule has 0 saturated carbocycles. The molecule has 0 N–H and O–H groups in total. The second kappa shape index (κ2) is 21.6. The summed E-state index contributed by atoms with van der Waals surface area (Å²) in [6.45, 7) is -0.102. The van der Waals surface area contributed by atoms with Crippen molar-refractivity contribution < 1.29 is 0 Å². The van der Waals surface area contributed by atoms with Gasteiger partial charge in [-0.25, -0.2) is 0 Å². The fourth-order valence-corrected chi connectivity index (χ4v) is 20.3. The van der Waals surface area contributed by atoms with Crippen molar-refractivity contribution in [3.8, 4) is 0 Å². The van der Waals surface area contributed by atoms with Gasteiger partial charge in [0, 0.05) is 0 Å². The molecule has 4 aliphatic rings. The molecule has 0 spiro atoms. The average Bonchev–Trinajstić information content (AvgIpc) is 0.714. The van der Waals surface area contributed by atoms with Crippen LogP contribution >= 0.6 is 0 Å². The number of rotatable bonds is 11. The quantitative estimate of drug-likeness (QED) is 0.0945. The van der Waals surface area contributed by atoms with Crippen molar-refractivity contribution in [3.05, 3.63) is 338 Å². The van der Waals surface area contributed by atoms with Crippen molar-refractivity contribution >= 4 is 162 Å². The Bertz CT molecular complexity index is 4340. The average molecular weight is 1240 g/mol. The van der Waals surface area contributed by atoms with Crippen molar-refractivity contribution in [2.75, 3.05) is 19.6 Å². The molecule has 0 atom stereocenters. The fourth-order valence-electron chi connectivity index (χ4n) is 14.2.